The highest BCUT2D eigenvalue weighted by Gasteiger charge is 2.07. The van der Waals surface area contributed by atoms with Crippen LogP contribution in [0, 0.1) is 0 Å². The lowest BCUT2D eigenvalue weighted by Gasteiger charge is -2.13. The number of thiocarbonyl (C=S) groups is 1. The number of anilines is 2. The fourth-order valence-corrected chi connectivity index (χ4v) is 2.43. The first-order valence-corrected chi connectivity index (χ1v) is 8.48. The summed E-state index contributed by atoms with van der Waals surface area (Å²) in [4.78, 5) is 11.8. The van der Waals surface area contributed by atoms with Gasteiger partial charge in [-0.1, -0.05) is 32.0 Å². The number of para-hydroxylation sites is 1. The molecule has 0 aliphatic carbocycles. The number of rotatable bonds is 6. The lowest BCUT2D eigenvalue weighted by atomic mass is 10.1. The van der Waals surface area contributed by atoms with Crippen LogP contribution >= 0.6 is 12.2 Å². The summed E-state index contributed by atoms with van der Waals surface area (Å²) in [6.45, 7) is 4.50. The molecule has 0 aromatic heterocycles. The Bertz CT molecular complexity index is 699. The normalized spacial score (nSPS) is 10.1. The van der Waals surface area contributed by atoms with Crippen LogP contribution in [-0.4, -0.2) is 17.7 Å². The van der Waals surface area contributed by atoms with Crippen LogP contribution in [0.25, 0.3) is 0 Å². The summed E-state index contributed by atoms with van der Waals surface area (Å²) in [6.07, 6.45) is 1.74. The maximum atomic E-state index is 11.8. The number of hydrogen-bond donors (Lipinski definition) is 2. The van der Waals surface area contributed by atoms with Crippen LogP contribution in [0.1, 0.15) is 36.2 Å². The van der Waals surface area contributed by atoms with Gasteiger partial charge in [0.05, 0.1) is 12.2 Å². The summed E-state index contributed by atoms with van der Waals surface area (Å²) >= 11 is 5.35. The van der Waals surface area contributed by atoms with Crippen LogP contribution in [0.3, 0.4) is 0 Å². The fraction of sp³-hybridized carbons (Fsp3) is 0.263. The average Bonchev–Trinajstić information content (AvgIpc) is 2.60. The minimum absolute atomic E-state index is 0.305. The zero-order valence-electron chi connectivity index (χ0n) is 14.0. The van der Waals surface area contributed by atoms with Gasteiger partial charge in [-0.2, -0.15) is 0 Å². The molecule has 4 nitrogen and oxygen atoms in total. The third-order valence-electron chi connectivity index (χ3n) is 3.46. The molecule has 0 heterocycles. The Morgan fingerprint density at radius 3 is 2.42 bits per heavy atom. The summed E-state index contributed by atoms with van der Waals surface area (Å²) in [5, 5.41) is 6.83. The average molecular weight is 342 g/mol. The van der Waals surface area contributed by atoms with Crippen molar-refractivity contribution >= 4 is 34.7 Å². The molecule has 2 aromatic carbocycles. The van der Waals surface area contributed by atoms with E-state index >= 15 is 0 Å². The maximum Gasteiger partial charge on any atom is 0.338 e. The number of benzene rings is 2. The Morgan fingerprint density at radius 2 is 1.75 bits per heavy atom. The van der Waals surface area contributed by atoms with E-state index in [4.69, 9.17) is 17.0 Å². The zero-order valence-corrected chi connectivity index (χ0v) is 14.8. The van der Waals surface area contributed by atoms with Gasteiger partial charge in [0.2, 0.25) is 0 Å². The van der Waals surface area contributed by atoms with Crippen LogP contribution in [0.4, 0.5) is 11.4 Å². The van der Waals surface area contributed by atoms with Crippen molar-refractivity contribution < 1.29 is 9.53 Å². The second kappa shape index (κ2) is 9.03. The van der Waals surface area contributed by atoms with Gasteiger partial charge in [-0.05, 0) is 61.0 Å². The molecular formula is C19H22N2O2S. The SMILES string of the molecule is CCCOC(=O)c1ccc(NC(=S)Nc2ccccc2CC)cc1. The summed E-state index contributed by atoms with van der Waals surface area (Å²) in [6, 6.07) is 15.1. The van der Waals surface area contributed by atoms with Crippen molar-refractivity contribution in [3.8, 4) is 0 Å². The fourth-order valence-electron chi connectivity index (χ4n) is 2.20. The van der Waals surface area contributed by atoms with E-state index < -0.39 is 0 Å². The molecular weight excluding hydrogens is 320 g/mol. The maximum absolute atomic E-state index is 11.8. The van der Waals surface area contributed by atoms with E-state index in [2.05, 4.69) is 23.6 Å². The topological polar surface area (TPSA) is 50.4 Å². The Balaban J connectivity index is 1.95. The predicted molar refractivity (Wildman–Crippen MR) is 103 cm³/mol. The Hall–Kier alpha value is -2.40. The summed E-state index contributed by atoms with van der Waals surface area (Å²) < 4.78 is 5.11. The van der Waals surface area contributed by atoms with E-state index in [1.807, 2.05) is 37.3 Å². The first-order chi connectivity index (χ1) is 11.6. The largest absolute Gasteiger partial charge is 0.462 e. The van der Waals surface area contributed by atoms with Gasteiger partial charge in [-0.25, -0.2) is 4.79 Å². The summed E-state index contributed by atoms with van der Waals surface area (Å²) in [5.74, 6) is -0.305. The molecule has 0 aliphatic rings. The third-order valence-corrected chi connectivity index (χ3v) is 3.67. The van der Waals surface area contributed by atoms with Crippen LogP contribution in [0.15, 0.2) is 48.5 Å². The molecule has 126 valence electrons. The number of carbonyl (C=O) groups excluding carboxylic acids is 1. The highest BCUT2D eigenvalue weighted by molar-refractivity contribution is 7.80. The van der Waals surface area contributed by atoms with Crippen LogP contribution in [-0.2, 0) is 11.2 Å². The molecule has 2 rings (SSSR count). The molecule has 2 N–H and O–H groups in total. The monoisotopic (exact) mass is 342 g/mol. The summed E-state index contributed by atoms with van der Waals surface area (Å²) in [7, 11) is 0. The van der Waals surface area contributed by atoms with Crippen LogP contribution in [0.5, 0.6) is 0 Å². The van der Waals surface area contributed by atoms with E-state index in [1.165, 1.54) is 5.56 Å². The molecule has 0 radical (unpaired) electrons. The smallest absolute Gasteiger partial charge is 0.338 e. The van der Waals surface area contributed by atoms with E-state index in [9.17, 15) is 4.79 Å². The van der Waals surface area contributed by atoms with Gasteiger partial charge in [0.1, 0.15) is 0 Å². The van der Waals surface area contributed by atoms with Gasteiger partial charge in [0.15, 0.2) is 5.11 Å². The van der Waals surface area contributed by atoms with Crippen molar-refractivity contribution in [2.24, 2.45) is 0 Å². The Labute approximate surface area is 148 Å². The predicted octanol–water partition coefficient (Wildman–Crippen LogP) is 4.62. The van der Waals surface area contributed by atoms with Gasteiger partial charge >= 0.3 is 5.97 Å². The van der Waals surface area contributed by atoms with E-state index in [0.29, 0.717) is 17.3 Å². The van der Waals surface area contributed by atoms with Crippen molar-refractivity contribution in [1.82, 2.24) is 0 Å². The number of aryl methyl sites for hydroxylation is 1. The minimum atomic E-state index is -0.305. The molecule has 0 aliphatic heterocycles. The second-order valence-electron chi connectivity index (χ2n) is 5.30. The number of esters is 1. The van der Waals surface area contributed by atoms with Crippen molar-refractivity contribution in [3.63, 3.8) is 0 Å². The van der Waals surface area contributed by atoms with Gasteiger partial charge in [0.25, 0.3) is 0 Å². The molecule has 0 amide bonds. The quantitative estimate of drug-likeness (QED) is 0.592. The van der Waals surface area contributed by atoms with Crippen LogP contribution < -0.4 is 10.6 Å². The van der Waals surface area contributed by atoms with Gasteiger partial charge in [-0.3, -0.25) is 0 Å². The van der Waals surface area contributed by atoms with E-state index in [1.54, 1.807) is 12.1 Å². The van der Waals surface area contributed by atoms with Gasteiger partial charge in [-0.15, -0.1) is 0 Å². The van der Waals surface area contributed by atoms with Crippen LogP contribution in [0.2, 0.25) is 0 Å². The van der Waals surface area contributed by atoms with E-state index in [0.717, 1.165) is 24.2 Å². The van der Waals surface area contributed by atoms with Crippen molar-refractivity contribution in [2.75, 3.05) is 17.2 Å². The third kappa shape index (κ3) is 5.06. The van der Waals surface area contributed by atoms with Crippen molar-refractivity contribution in [2.45, 2.75) is 26.7 Å². The lowest BCUT2D eigenvalue weighted by molar-refractivity contribution is 0.0505. The minimum Gasteiger partial charge on any atom is -0.462 e. The molecule has 0 atom stereocenters. The molecule has 0 bridgehead atoms. The molecule has 2 aromatic rings. The van der Waals surface area contributed by atoms with E-state index in [-0.39, 0.29) is 5.97 Å². The zero-order chi connectivity index (χ0) is 17.4. The van der Waals surface area contributed by atoms with Gasteiger partial charge in [0, 0.05) is 11.4 Å². The highest BCUT2D eigenvalue weighted by Crippen LogP contribution is 2.16. The molecule has 0 unspecified atom stereocenters. The molecule has 0 fully saturated rings. The van der Waals surface area contributed by atoms with Crippen molar-refractivity contribution in [3.05, 3.63) is 59.7 Å². The van der Waals surface area contributed by atoms with Gasteiger partial charge < -0.3 is 15.4 Å². The highest BCUT2D eigenvalue weighted by atomic mass is 32.1. The summed E-state index contributed by atoms with van der Waals surface area (Å²) in [5.41, 5.74) is 3.55. The number of hydrogen-bond acceptors (Lipinski definition) is 3. The number of carbonyl (C=O) groups is 1. The molecule has 24 heavy (non-hydrogen) atoms. The molecule has 5 heteroatoms. The Morgan fingerprint density at radius 1 is 1.04 bits per heavy atom. The second-order valence-corrected chi connectivity index (χ2v) is 5.71. The molecule has 0 saturated carbocycles. The molecule has 0 spiro atoms. The first kappa shape index (κ1) is 17.9. The lowest BCUT2D eigenvalue weighted by Crippen LogP contribution is -2.20. The standard InChI is InChI=1S/C19H22N2O2S/c1-3-13-23-18(22)15-9-11-16(12-10-15)20-19(24)21-17-8-6-5-7-14(17)4-2/h5-12H,3-4,13H2,1-2H3,(H2,20,21,24). The van der Waals surface area contributed by atoms with Crippen molar-refractivity contribution in [1.29, 1.82) is 0 Å². The number of ether oxygens (including phenoxy) is 1. The first-order valence-electron chi connectivity index (χ1n) is 8.07. The molecule has 0 saturated heterocycles. The Kier molecular flexibility index (Phi) is 6.75. The number of nitrogens with one attached hydrogen (secondary N) is 2.